The molecule has 0 amide bonds. The van der Waals surface area contributed by atoms with E-state index in [9.17, 15) is 9.59 Å². The number of thiophene rings is 1. The van der Waals surface area contributed by atoms with Gasteiger partial charge in [-0.1, -0.05) is 42.8 Å². The summed E-state index contributed by atoms with van der Waals surface area (Å²) in [6.07, 6.45) is 4.75. The predicted octanol–water partition coefficient (Wildman–Crippen LogP) is 4.55. The Labute approximate surface area is 173 Å². The fourth-order valence-electron chi connectivity index (χ4n) is 3.23. The molecule has 0 radical (unpaired) electrons. The Morgan fingerprint density at radius 3 is 2.86 bits per heavy atom. The first kappa shape index (κ1) is 20.6. The van der Waals surface area contributed by atoms with Gasteiger partial charge in [0.1, 0.15) is 6.04 Å². The summed E-state index contributed by atoms with van der Waals surface area (Å²) in [5, 5.41) is 1.11. The maximum absolute atomic E-state index is 12.5. The normalized spacial score (nSPS) is 15.2. The van der Waals surface area contributed by atoms with Gasteiger partial charge in [-0.25, -0.2) is 9.59 Å². The standard InChI is InChI=1S/C21H22ClNO4S/c1-3-4-9-18(24)27-19-12-14-13-23(11-10-17(14)28-19)20(21(25)26-2)15-7-5-6-8-16(15)22/h4-9,12,20H,3,10-11,13H2,1-2H3/b9-4+/t20-/m0/s1. The zero-order valence-corrected chi connectivity index (χ0v) is 17.4. The van der Waals surface area contributed by atoms with Gasteiger partial charge in [0.15, 0.2) is 5.06 Å². The van der Waals surface area contributed by atoms with Crippen molar-refractivity contribution >= 4 is 34.9 Å². The van der Waals surface area contributed by atoms with E-state index in [1.165, 1.54) is 29.4 Å². The van der Waals surface area contributed by atoms with Crippen molar-refractivity contribution in [1.82, 2.24) is 4.90 Å². The van der Waals surface area contributed by atoms with Crippen molar-refractivity contribution in [3.63, 3.8) is 0 Å². The molecule has 1 aliphatic heterocycles. The third-order valence-electron chi connectivity index (χ3n) is 4.55. The predicted molar refractivity (Wildman–Crippen MR) is 110 cm³/mol. The van der Waals surface area contributed by atoms with Crippen molar-refractivity contribution in [2.45, 2.75) is 32.4 Å². The number of fused-ring (bicyclic) bond motifs is 1. The molecular weight excluding hydrogens is 398 g/mol. The first-order chi connectivity index (χ1) is 13.5. The van der Waals surface area contributed by atoms with Crippen LogP contribution in [0, 0.1) is 0 Å². The summed E-state index contributed by atoms with van der Waals surface area (Å²) >= 11 is 7.82. The zero-order valence-electron chi connectivity index (χ0n) is 15.8. The van der Waals surface area contributed by atoms with Gasteiger partial charge in [-0.3, -0.25) is 4.90 Å². The Bertz CT molecular complexity index is 892. The number of halogens is 1. The Balaban J connectivity index is 1.81. The molecule has 5 nitrogen and oxygen atoms in total. The molecule has 2 heterocycles. The van der Waals surface area contributed by atoms with Gasteiger partial charge in [-0.05, 0) is 36.1 Å². The Morgan fingerprint density at radius 1 is 1.36 bits per heavy atom. The van der Waals surface area contributed by atoms with Gasteiger partial charge in [-0.2, -0.15) is 0 Å². The molecule has 0 saturated heterocycles. The van der Waals surface area contributed by atoms with Gasteiger partial charge in [0.2, 0.25) is 0 Å². The Hall–Kier alpha value is -2.15. The Kier molecular flexibility index (Phi) is 6.88. The van der Waals surface area contributed by atoms with E-state index in [1.54, 1.807) is 12.1 Å². The second kappa shape index (κ2) is 9.37. The molecule has 3 rings (SSSR count). The zero-order chi connectivity index (χ0) is 20.1. The number of hydrogen-bond donors (Lipinski definition) is 0. The van der Waals surface area contributed by atoms with E-state index in [1.807, 2.05) is 36.1 Å². The van der Waals surface area contributed by atoms with Crippen LogP contribution in [0.3, 0.4) is 0 Å². The quantitative estimate of drug-likeness (QED) is 0.508. The molecule has 0 bridgehead atoms. The van der Waals surface area contributed by atoms with Crippen LogP contribution in [0.1, 0.15) is 35.4 Å². The van der Waals surface area contributed by atoms with Crippen LogP contribution < -0.4 is 4.74 Å². The summed E-state index contributed by atoms with van der Waals surface area (Å²) in [7, 11) is 1.38. The topological polar surface area (TPSA) is 55.8 Å². The van der Waals surface area contributed by atoms with Gasteiger partial charge in [-0.15, -0.1) is 11.3 Å². The lowest BCUT2D eigenvalue weighted by atomic mass is 10.0. The number of carbonyl (C=O) groups excluding carboxylic acids is 2. The summed E-state index contributed by atoms with van der Waals surface area (Å²) in [5.41, 5.74) is 1.78. The fraction of sp³-hybridized carbons (Fsp3) is 0.333. The molecule has 28 heavy (non-hydrogen) atoms. The third-order valence-corrected chi connectivity index (χ3v) is 6.01. The molecule has 7 heteroatoms. The molecule has 148 valence electrons. The van der Waals surface area contributed by atoms with Crippen molar-refractivity contribution in [2.24, 2.45) is 0 Å². The SMILES string of the molecule is CC/C=C/C(=O)Oc1cc2c(s1)CCN([C@H](C(=O)OC)c1ccccc1Cl)C2. The van der Waals surface area contributed by atoms with Crippen molar-refractivity contribution in [3.8, 4) is 5.06 Å². The van der Waals surface area contributed by atoms with E-state index in [-0.39, 0.29) is 11.9 Å². The molecule has 1 atom stereocenters. The average Bonchev–Trinajstić information content (AvgIpc) is 3.09. The number of ether oxygens (including phenoxy) is 2. The van der Waals surface area contributed by atoms with Crippen LogP contribution in [0.15, 0.2) is 42.5 Å². The minimum Gasteiger partial charge on any atom is -0.468 e. The van der Waals surface area contributed by atoms with Gasteiger partial charge in [0, 0.05) is 29.1 Å². The van der Waals surface area contributed by atoms with E-state index in [4.69, 9.17) is 21.1 Å². The molecule has 2 aromatic rings. The van der Waals surface area contributed by atoms with Crippen LogP contribution in [0.2, 0.25) is 5.02 Å². The number of methoxy groups -OCH3 is 1. The lowest BCUT2D eigenvalue weighted by Crippen LogP contribution is -2.38. The largest absolute Gasteiger partial charge is 0.468 e. The number of esters is 2. The molecule has 0 aliphatic carbocycles. The van der Waals surface area contributed by atoms with Crippen LogP contribution in [-0.4, -0.2) is 30.5 Å². The highest BCUT2D eigenvalue weighted by Crippen LogP contribution is 2.37. The highest BCUT2D eigenvalue weighted by molar-refractivity contribution is 7.14. The fourth-order valence-corrected chi connectivity index (χ4v) is 4.48. The molecular formula is C21H22ClNO4S. The Morgan fingerprint density at radius 2 is 2.14 bits per heavy atom. The van der Waals surface area contributed by atoms with Crippen LogP contribution >= 0.6 is 22.9 Å². The molecule has 0 fully saturated rings. The van der Waals surface area contributed by atoms with E-state index < -0.39 is 6.04 Å². The highest BCUT2D eigenvalue weighted by Gasteiger charge is 2.33. The van der Waals surface area contributed by atoms with Crippen molar-refractivity contribution < 1.29 is 19.1 Å². The number of hydrogen-bond acceptors (Lipinski definition) is 6. The summed E-state index contributed by atoms with van der Waals surface area (Å²) < 4.78 is 10.4. The third kappa shape index (κ3) is 4.63. The summed E-state index contributed by atoms with van der Waals surface area (Å²) in [5.74, 6) is -0.719. The molecule has 0 N–H and O–H groups in total. The number of carbonyl (C=O) groups is 2. The number of nitrogens with zero attached hydrogens (tertiary/aromatic N) is 1. The van der Waals surface area contributed by atoms with E-state index in [0.29, 0.717) is 23.2 Å². The average molecular weight is 420 g/mol. The lowest BCUT2D eigenvalue weighted by molar-refractivity contribution is -0.147. The van der Waals surface area contributed by atoms with Crippen LogP contribution in [0.4, 0.5) is 0 Å². The van der Waals surface area contributed by atoms with Crippen molar-refractivity contribution in [2.75, 3.05) is 13.7 Å². The second-order valence-corrected chi connectivity index (χ2v) is 7.92. The van der Waals surface area contributed by atoms with Crippen LogP contribution in [-0.2, 0) is 27.3 Å². The van der Waals surface area contributed by atoms with E-state index >= 15 is 0 Å². The summed E-state index contributed by atoms with van der Waals surface area (Å²) in [6, 6.07) is 8.61. The van der Waals surface area contributed by atoms with Gasteiger partial charge in [0.05, 0.1) is 7.11 Å². The minimum absolute atomic E-state index is 0.344. The number of rotatable bonds is 6. The number of benzene rings is 1. The molecule has 1 aliphatic rings. The monoisotopic (exact) mass is 419 g/mol. The minimum atomic E-state index is -0.578. The highest BCUT2D eigenvalue weighted by atomic mass is 35.5. The van der Waals surface area contributed by atoms with E-state index in [0.717, 1.165) is 24.0 Å². The van der Waals surface area contributed by atoms with Crippen LogP contribution in [0.25, 0.3) is 0 Å². The first-order valence-corrected chi connectivity index (χ1v) is 10.3. The molecule has 0 unspecified atom stereocenters. The lowest BCUT2D eigenvalue weighted by Gasteiger charge is -2.33. The first-order valence-electron chi connectivity index (χ1n) is 9.09. The van der Waals surface area contributed by atoms with Crippen molar-refractivity contribution in [3.05, 3.63) is 63.5 Å². The maximum atomic E-state index is 12.5. The van der Waals surface area contributed by atoms with Crippen LogP contribution in [0.5, 0.6) is 5.06 Å². The van der Waals surface area contributed by atoms with Crippen molar-refractivity contribution in [1.29, 1.82) is 0 Å². The molecule has 0 saturated carbocycles. The van der Waals surface area contributed by atoms with Gasteiger partial charge < -0.3 is 9.47 Å². The molecule has 1 aromatic carbocycles. The van der Waals surface area contributed by atoms with Gasteiger partial charge in [0.25, 0.3) is 0 Å². The maximum Gasteiger partial charge on any atom is 0.336 e. The summed E-state index contributed by atoms with van der Waals surface area (Å²) in [4.78, 5) is 27.6. The van der Waals surface area contributed by atoms with E-state index in [2.05, 4.69) is 0 Å². The smallest absolute Gasteiger partial charge is 0.336 e. The second-order valence-electron chi connectivity index (χ2n) is 6.41. The number of allylic oxidation sites excluding steroid dienone is 1. The molecule has 0 spiro atoms. The summed E-state index contributed by atoms with van der Waals surface area (Å²) in [6.45, 7) is 3.19. The van der Waals surface area contributed by atoms with Gasteiger partial charge >= 0.3 is 11.9 Å². The molecule has 1 aromatic heterocycles.